The Kier molecular flexibility index (Phi) is 6.23. The molecule has 0 saturated heterocycles. The maximum Gasteiger partial charge on any atom is 0.308 e. The van der Waals surface area contributed by atoms with Crippen LogP contribution in [0.15, 0.2) is 18.2 Å². The third-order valence-electron chi connectivity index (χ3n) is 2.85. The average molecular weight is 312 g/mol. The van der Waals surface area contributed by atoms with E-state index in [2.05, 4.69) is 19.6 Å². The first-order valence-corrected chi connectivity index (χ1v) is 10.2. The summed E-state index contributed by atoms with van der Waals surface area (Å²) >= 11 is 0. The highest BCUT2D eigenvalue weighted by atomic mass is 28.4. The van der Waals surface area contributed by atoms with Crippen molar-refractivity contribution in [3.05, 3.63) is 23.8 Å². The van der Waals surface area contributed by atoms with Crippen LogP contribution in [0.25, 0.3) is 0 Å². The fourth-order valence-electron chi connectivity index (χ4n) is 1.94. The molecule has 21 heavy (non-hydrogen) atoms. The lowest BCUT2D eigenvalue weighted by Gasteiger charge is -2.26. The van der Waals surface area contributed by atoms with E-state index in [0.29, 0.717) is 11.5 Å². The van der Waals surface area contributed by atoms with Gasteiger partial charge in [0.25, 0.3) is 0 Å². The van der Waals surface area contributed by atoms with E-state index in [1.807, 2.05) is 18.2 Å². The molecule has 1 atom stereocenters. The summed E-state index contributed by atoms with van der Waals surface area (Å²) in [6, 6.07) is 5.54. The summed E-state index contributed by atoms with van der Waals surface area (Å²) in [5.74, 6) is 0.961. The number of methoxy groups -OCH3 is 3. The Balaban J connectivity index is 3.09. The van der Waals surface area contributed by atoms with Crippen LogP contribution in [0.2, 0.25) is 19.6 Å². The zero-order valence-corrected chi connectivity index (χ0v) is 14.6. The summed E-state index contributed by atoms with van der Waals surface area (Å²) in [6.07, 6.45) is -0.167. The maximum absolute atomic E-state index is 11.6. The van der Waals surface area contributed by atoms with Gasteiger partial charge in [0.15, 0.2) is 19.8 Å². The second kappa shape index (κ2) is 7.47. The monoisotopic (exact) mass is 312 g/mol. The van der Waals surface area contributed by atoms with Gasteiger partial charge >= 0.3 is 5.97 Å². The SMILES string of the molecule is COC(=O)C[C@H](O[Si](C)(C)C)c1ccc(OC)c(OC)c1. The second-order valence-corrected chi connectivity index (χ2v) is 10.1. The molecule has 0 fully saturated rings. The van der Waals surface area contributed by atoms with Crippen molar-refractivity contribution in [1.82, 2.24) is 0 Å². The van der Waals surface area contributed by atoms with E-state index < -0.39 is 8.32 Å². The van der Waals surface area contributed by atoms with Gasteiger partial charge in [0.05, 0.1) is 33.9 Å². The Morgan fingerprint density at radius 1 is 1.10 bits per heavy atom. The average Bonchev–Trinajstić information content (AvgIpc) is 2.44. The molecule has 0 saturated carbocycles. The molecule has 0 amide bonds. The van der Waals surface area contributed by atoms with E-state index in [9.17, 15) is 4.79 Å². The van der Waals surface area contributed by atoms with Crippen LogP contribution >= 0.6 is 0 Å². The number of ether oxygens (including phenoxy) is 3. The molecule has 0 bridgehead atoms. The van der Waals surface area contributed by atoms with Crippen molar-refractivity contribution < 1.29 is 23.4 Å². The van der Waals surface area contributed by atoms with Crippen molar-refractivity contribution in [1.29, 1.82) is 0 Å². The molecule has 0 heterocycles. The molecule has 0 aromatic heterocycles. The normalized spacial score (nSPS) is 12.7. The standard InChI is InChI=1S/C15H24O5Si/c1-17-12-8-7-11(9-14(12)18-2)13(10-15(16)19-3)20-21(4,5)6/h7-9,13H,10H2,1-6H3/t13-/m0/s1. The van der Waals surface area contributed by atoms with Crippen LogP contribution in [-0.4, -0.2) is 35.6 Å². The van der Waals surface area contributed by atoms with E-state index in [4.69, 9.17) is 18.6 Å². The molecule has 0 radical (unpaired) electrons. The molecule has 0 spiro atoms. The van der Waals surface area contributed by atoms with Crippen molar-refractivity contribution in [2.75, 3.05) is 21.3 Å². The zero-order chi connectivity index (χ0) is 16.0. The van der Waals surface area contributed by atoms with E-state index in [1.165, 1.54) is 7.11 Å². The summed E-state index contributed by atoms with van der Waals surface area (Å²) in [7, 11) is 2.73. The first-order chi connectivity index (χ1) is 9.80. The van der Waals surface area contributed by atoms with Crippen LogP contribution in [0, 0.1) is 0 Å². The van der Waals surface area contributed by atoms with E-state index in [0.717, 1.165) is 5.56 Å². The van der Waals surface area contributed by atoms with Gasteiger partial charge in [0.1, 0.15) is 0 Å². The van der Waals surface area contributed by atoms with Crippen LogP contribution in [0.3, 0.4) is 0 Å². The molecule has 5 nitrogen and oxygen atoms in total. The van der Waals surface area contributed by atoms with Crippen molar-refractivity contribution >= 4 is 14.3 Å². The topological polar surface area (TPSA) is 54.0 Å². The summed E-state index contributed by atoms with van der Waals surface area (Å²) in [5.41, 5.74) is 0.875. The molecule has 0 N–H and O–H groups in total. The van der Waals surface area contributed by atoms with Crippen LogP contribution in [-0.2, 0) is 14.0 Å². The van der Waals surface area contributed by atoms with Crippen molar-refractivity contribution in [2.45, 2.75) is 32.2 Å². The molecule has 0 aliphatic carbocycles. The summed E-state index contributed by atoms with van der Waals surface area (Å²) in [5, 5.41) is 0. The lowest BCUT2D eigenvalue weighted by atomic mass is 10.1. The number of benzene rings is 1. The highest BCUT2D eigenvalue weighted by Crippen LogP contribution is 2.33. The van der Waals surface area contributed by atoms with Gasteiger partial charge < -0.3 is 18.6 Å². The van der Waals surface area contributed by atoms with Gasteiger partial charge in [-0.1, -0.05) is 6.07 Å². The number of carbonyl (C=O) groups excluding carboxylic acids is 1. The lowest BCUT2D eigenvalue weighted by Crippen LogP contribution is -2.29. The molecule has 0 unspecified atom stereocenters. The molecule has 0 aliphatic heterocycles. The highest BCUT2D eigenvalue weighted by molar-refractivity contribution is 6.69. The predicted octanol–water partition coefficient (Wildman–Crippen LogP) is 3.16. The predicted molar refractivity (Wildman–Crippen MR) is 83.4 cm³/mol. The Morgan fingerprint density at radius 3 is 2.19 bits per heavy atom. The molecular weight excluding hydrogens is 288 g/mol. The third-order valence-corrected chi connectivity index (χ3v) is 3.85. The van der Waals surface area contributed by atoms with Gasteiger partial charge in [-0.05, 0) is 37.3 Å². The summed E-state index contributed by atoms with van der Waals surface area (Å²) in [6.45, 7) is 6.24. The van der Waals surface area contributed by atoms with Gasteiger partial charge in [-0.15, -0.1) is 0 Å². The van der Waals surface area contributed by atoms with Gasteiger partial charge in [-0.3, -0.25) is 4.79 Å². The molecule has 6 heteroatoms. The van der Waals surface area contributed by atoms with Crippen molar-refractivity contribution in [3.63, 3.8) is 0 Å². The lowest BCUT2D eigenvalue weighted by molar-refractivity contribution is -0.142. The molecular formula is C15H24O5Si. The van der Waals surface area contributed by atoms with Crippen LogP contribution in [0.5, 0.6) is 11.5 Å². The van der Waals surface area contributed by atoms with Crippen LogP contribution in [0.4, 0.5) is 0 Å². The quantitative estimate of drug-likeness (QED) is 0.572. The molecule has 1 aromatic carbocycles. The number of carbonyl (C=O) groups is 1. The molecule has 1 rings (SSSR count). The first kappa shape index (κ1) is 17.5. The largest absolute Gasteiger partial charge is 0.493 e. The Morgan fingerprint density at radius 2 is 1.71 bits per heavy atom. The Labute approximate surface area is 127 Å². The van der Waals surface area contributed by atoms with Crippen LogP contribution < -0.4 is 9.47 Å². The van der Waals surface area contributed by atoms with E-state index in [-0.39, 0.29) is 18.5 Å². The van der Waals surface area contributed by atoms with E-state index in [1.54, 1.807) is 14.2 Å². The van der Waals surface area contributed by atoms with Crippen LogP contribution in [0.1, 0.15) is 18.1 Å². The van der Waals surface area contributed by atoms with Gasteiger partial charge in [0.2, 0.25) is 0 Å². The summed E-state index contributed by atoms with van der Waals surface area (Å²) in [4.78, 5) is 11.6. The maximum atomic E-state index is 11.6. The number of rotatable bonds is 7. The fraction of sp³-hybridized carbons (Fsp3) is 0.533. The number of hydrogen-bond acceptors (Lipinski definition) is 5. The molecule has 1 aromatic rings. The van der Waals surface area contributed by atoms with Gasteiger partial charge in [-0.2, -0.15) is 0 Å². The molecule has 0 aliphatic rings. The van der Waals surface area contributed by atoms with Crippen molar-refractivity contribution in [3.8, 4) is 11.5 Å². The third kappa shape index (κ3) is 5.39. The highest BCUT2D eigenvalue weighted by Gasteiger charge is 2.25. The second-order valence-electron chi connectivity index (χ2n) is 5.61. The Hall–Kier alpha value is -1.53. The van der Waals surface area contributed by atoms with Gasteiger partial charge in [-0.25, -0.2) is 0 Å². The minimum Gasteiger partial charge on any atom is -0.493 e. The summed E-state index contributed by atoms with van der Waals surface area (Å²) < 4.78 is 21.4. The molecule has 118 valence electrons. The van der Waals surface area contributed by atoms with Gasteiger partial charge in [0, 0.05) is 0 Å². The number of hydrogen-bond donors (Lipinski definition) is 0. The van der Waals surface area contributed by atoms with E-state index >= 15 is 0 Å². The minimum atomic E-state index is -1.81. The Bertz CT molecular complexity index is 481. The number of esters is 1. The fourth-order valence-corrected chi connectivity index (χ4v) is 3.02. The van der Waals surface area contributed by atoms with Crippen molar-refractivity contribution in [2.24, 2.45) is 0 Å². The smallest absolute Gasteiger partial charge is 0.308 e. The first-order valence-electron chi connectivity index (χ1n) is 6.77. The minimum absolute atomic E-state index is 0.177. The zero-order valence-electron chi connectivity index (χ0n) is 13.6.